The fourth-order valence-corrected chi connectivity index (χ4v) is 3.91. The third-order valence-corrected chi connectivity index (χ3v) is 6.32. The van der Waals surface area contributed by atoms with Gasteiger partial charge in [-0.3, -0.25) is 0 Å². The van der Waals surface area contributed by atoms with Gasteiger partial charge in [0.2, 0.25) is 10.0 Å². The van der Waals surface area contributed by atoms with Crippen molar-refractivity contribution in [2.24, 2.45) is 0 Å². The molecule has 0 radical (unpaired) electrons. The van der Waals surface area contributed by atoms with Gasteiger partial charge in [-0.25, -0.2) is 22.5 Å². The fraction of sp³-hybridized carbons (Fsp3) is 0.333. The summed E-state index contributed by atoms with van der Waals surface area (Å²) in [6, 6.07) is 8.41. The lowest BCUT2D eigenvalue weighted by Gasteiger charge is -2.11. The van der Waals surface area contributed by atoms with Crippen LogP contribution in [0, 0.1) is 6.92 Å². The van der Waals surface area contributed by atoms with Crippen molar-refractivity contribution in [2.75, 3.05) is 14.1 Å². The normalized spacial score (nSPS) is 12.3. The van der Waals surface area contributed by atoms with Crippen molar-refractivity contribution in [1.82, 2.24) is 13.9 Å². The van der Waals surface area contributed by atoms with Gasteiger partial charge in [0.05, 0.1) is 15.9 Å². The number of carbonyl (C=O) groups is 1. The largest absolute Gasteiger partial charge is 0.462 e. The van der Waals surface area contributed by atoms with Crippen LogP contribution in [0.4, 0.5) is 0 Å². The average Bonchev–Trinajstić information content (AvgIpc) is 3.27. The van der Waals surface area contributed by atoms with Crippen LogP contribution in [-0.4, -0.2) is 42.3 Å². The number of hydrogen-bond acceptors (Lipinski definition) is 6. The van der Waals surface area contributed by atoms with Crippen molar-refractivity contribution < 1.29 is 22.4 Å². The number of sulfonamides is 1. The first-order valence-electron chi connectivity index (χ1n) is 9.55. The Morgan fingerprint density at radius 3 is 2.67 bits per heavy atom. The highest BCUT2D eigenvalue weighted by molar-refractivity contribution is 7.89. The van der Waals surface area contributed by atoms with E-state index in [1.807, 2.05) is 24.5 Å². The minimum absolute atomic E-state index is 0.0230. The van der Waals surface area contributed by atoms with Crippen LogP contribution in [-0.2, 0) is 32.7 Å². The molecule has 160 valence electrons. The van der Waals surface area contributed by atoms with Gasteiger partial charge in [0.1, 0.15) is 24.0 Å². The molecule has 0 saturated carbocycles. The van der Waals surface area contributed by atoms with Gasteiger partial charge in [-0.1, -0.05) is 6.92 Å². The number of imidazole rings is 1. The molecule has 0 atom stereocenters. The zero-order valence-corrected chi connectivity index (χ0v) is 18.3. The van der Waals surface area contributed by atoms with Gasteiger partial charge in [-0.05, 0) is 49.8 Å². The van der Waals surface area contributed by atoms with Crippen LogP contribution in [0.15, 0.2) is 45.7 Å². The number of fused-ring (bicyclic) bond motifs is 1. The molecule has 0 N–H and O–H groups in total. The smallest absolute Gasteiger partial charge is 0.331 e. The molecule has 8 nitrogen and oxygen atoms in total. The second kappa shape index (κ2) is 8.85. The highest BCUT2D eigenvalue weighted by Crippen LogP contribution is 2.23. The van der Waals surface area contributed by atoms with E-state index in [-0.39, 0.29) is 11.5 Å². The highest BCUT2D eigenvalue weighted by Gasteiger charge is 2.20. The van der Waals surface area contributed by atoms with Gasteiger partial charge < -0.3 is 13.7 Å². The van der Waals surface area contributed by atoms with E-state index in [4.69, 9.17) is 9.15 Å². The van der Waals surface area contributed by atoms with Gasteiger partial charge >= 0.3 is 5.97 Å². The summed E-state index contributed by atoms with van der Waals surface area (Å²) in [5, 5.41) is 0. The van der Waals surface area contributed by atoms with Crippen LogP contribution < -0.4 is 0 Å². The van der Waals surface area contributed by atoms with E-state index in [9.17, 15) is 13.2 Å². The number of aromatic nitrogens is 2. The zero-order valence-electron chi connectivity index (χ0n) is 17.5. The summed E-state index contributed by atoms with van der Waals surface area (Å²) < 4.78 is 38.6. The quantitative estimate of drug-likeness (QED) is 0.401. The van der Waals surface area contributed by atoms with E-state index in [1.54, 1.807) is 30.3 Å². The maximum Gasteiger partial charge on any atom is 0.331 e. The Kier molecular flexibility index (Phi) is 6.42. The molecule has 2 heterocycles. The minimum Gasteiger partial charge on any atom is -0.462 e. The van der Waals surface area contributed by atoms with E-state index < -0.39 is 16.0 Å². The lowest BCUT2D eigenvalue weighted by molar-refractivity contribution is -0.139. The van der Waals surface area contributed by atoms with Crippen molar-refractivity contribution in [1.29, 1.82) is 0 Å². The van der Waals surface area contributed by atoms with E-state index in [2.05, 4.69) is 4.98 Å². The lowest BCUT2D eigenvalue weighted by Crippen LogP contribution is -2.22. The summed E-state index contributed by atoms with van der Waals surface area (Å²) in [7, 11) is -0.594. The summed E-state index contributed by atoms with van der Waals surface area (Å²) in [5.74, 6) is 1.36. The Bertz CT molecular complexity index is 1190. The first kappa shape index (κ1) is 21.8. The molecule has 0 unspecified atom stereocenters. The molecule has 0 amide bonds. The molecule has 2 aromatic heterocycles. The van der Waals surface area contributed by atoms with Crippen LogP contribution in [0.25, 0.3) is 17.1 Å². The van der Waals surface area contributed by atoms with Crippen LogP contribution in [0.5, 0.6) is 0 Å². The molecular formula is C21H25N3O5S. The third-order valence-electron chi connectivity index (χ3n) is 4.51. The highest BCUT2D eigenvalue weighted by atomic mass is 32.2. The maximum absolute atomic E-state index is 12.4. The molecule has 0 spiro atoms. The predicted molar refractivity (Wildman–Crippen MR) is 113 cm³/mol. The Labute approximate surface area is 175 Å². The van der Waals surface area contributed by atoms with E-state index in [1.165, 1.54) is 20.2 Å². The molecule has 0 fully saturated rings. The lowest BCUT2D eigenvalue weighted by atomic mass is 10.3. The molecule has 0 saturated heterocycles. The van der Waals surface area contributed by atoms with E-state index in [0.717, 1.165) is 22.0 Å². The molecule has 1 aromatic carbocycles. The molecule has 30 heavy (non-hydrogen) atoms. The maximum atomic E-state index is 12.4. The van der Waals surface area contributed by atoms with Crippen LogP contribution in [0.1, 0.15) is 30.7 Å². The van der Waals surface area contributed by atoms with Crippen molar-refractivity contribution in [2.45, 2.75) is 38.3 Å². The topological polar surface area (TPSA) is 94.6 Å². The van der Waals surface area contributed by atoms with Gasteiger partial charge in [-0.15, -0.1) is 0 Å². The van der Waals surface area contributed by atoms with Crippen molar-refractivity contribution in [3.05, 3.63) is 53.8 Å². The molecule has 9 heteroatoms. The standard InChI is InChI=1S/C21H25N3O5S/c1-5-12-24-19-10-9-17(30(26,27)23(3)4)13-18(19)22-20(24)14-28-21(25)11-8-16-7-6-15(2)29-16/h6-11,13H,5,12,14H2,1-4H3/b11-8+. The number of rotatable bonds is 8. The summed E-state index contributed by atoms with van der Waals surface area (Å²) in [4.78, 5) is 16.8. The summed E-state index contributed by atoms with van der Waals surface area (Å²) >= 11 is 0. The van der Waals surface area contributed by atoms with E-state index in [0.29, 0.717) is 23.6 Å². The Morgan fingerprint density at radius 1 is 1.27 bits per heavy atom. The monoisotopic (exact) mass is 431 g/mol. The van der Waals surface area contributed by atoms with Crippen LogP contribution in [0.3, 0.4) is 0 Å². The number of carbonyl (C=O) groups excluding carboxylic acids is 1. The average molecular weight is 432 g/mol. The second-order valence-corrected chi connectivity index (χ2v) is 9.16. The predicted octanol–water partition coefficient (Wildman–Crippen LogP) is 3.35. The minimum atomic E-state index is -3.56. The first-order valence-corrected chi connectivity index (χ1v) is 11.0. The third kappa shape index (κ3) is 4.63. The van der Waals surface area contributed by atoms with E-state index >= 15 is 0 Å². The van der Waals surface area contributed by atoms with Crippen molar-refractivity contribution >= 4 is 33.1 Å². The Balaban J connectivity index is 1.82. The van der Waals surface area contributed by atoms with Gasteiger partial charge in [0.15, 0.2) is 0 Å². The van der Waals surface area contributed by atoms with Gasteiger partial charge in [0, 0.05) is 26.7 Å². The zero-order chi connectivity index (χ0) is 21.9. The molecule has 0 bridgehead atoms. The number of ether oxygens (including phenoxy) is 1. The molecule has 0 aliphatic carbocycles. The number of esters is 1. The Morgan fingerprint density at radius 2 is 2.03 bits per heavy atom. The molecule has 3 aromatic rings. The number of hydrogen-bond donors (Lipinski definition) is 0. The number of benzene rings is 1. The molecule has 0 aliphatic rings. The van der Waals surface area contributed by atoms with Crippen LogP contribution >= 0.6 is 0 Å². The number of furan rings is 1. The first-order chi connectivity index (χ1) is 14.2. The van der Waals surface area contributed by atoms with Crippen molar-refractivity contribution in [3.63, 3.8) is 0 Å². The number of nitrogens with zero attached hydrogens (tertiary/aromatic N) is 3. The van der Waals surface area contributed by atoms with Crippen molar-refractivity contribution in [3.8, 4) is 0 Å². The SMILES string of the molecule is CCCn1c(COC(=O)/C=C/c2ccc(C)o2)nc2cc(S(=O)(=O)N(C)C)ccc21. The molecule has 0 aliphatic heterocycles. The summed E-state index contributed by atoms with van der Waals surface area (Å²) in [6.07, 6.45) is 3.69. The Hall–Kier alpha value is -2.91. The van der Waals surface area contributed by atoms with Crippen LogP contribution in [0.2, 0.25) is 0 Å². The fourth-order valence-electron chi connectivity index (χ4n) is 2.99. The van der Waals surface area contributed by atoms with Gasteiger partial charge in [0.25, 0.3) is 0 Å². The molecular weight excluding hydrogens is 406 g/mol. The summed E-state index contributed by atoms with van der Waals surface area (Å²) in [6.45, 7) is 4.50. The second-order valence-electron chi connectivity index (χ2n) is 7.01. The number of aryl methyl sites for hydroxylation is 2. The van der Waals surface area contributed by atoms with Gasteiger partial charge in [-0.2, -0.15) is 0 Å². The molecule has 3 rings (SSSR count). The summed E-state index contributed by atoms with van der Waals surface area (Å²) in [5.41, 5.74) is 1.33.